The summed E-state index contributed by atoms with van der Waals surface area (Å²) in [6, 6.07) is 13.1. The second-order valence-corrected chi connectivity index (χ2v) is 8.62. The number of hydrogen-bond acceptors (Lipinski definition) is 5. The number of nitrogens with zero attached hydrogens (tertiary/aromatic N) is 3. The van der Waals surface area contributed by atoms with Gasteiger partial charge >= 0.3 is 0 Å². The van der Waals surface area contributed by atoms with Gasteiger partial charge in [0.05, 0.1) is 31.2 Å². The number of thiazole rings is 1. The zero-order valence-electron chi connectivity index (χ0n) is 13.4. The summed E-state index contributed by atoms with van der Waals surface area (Å²) in [6.45, 7) is 1.81. The maximum absolute atomic E-state index is 12.6. The minimum atomic E-state index is -0.392. The van der Waals surface area contributed by atoms with E-state index in [1.54, 1.807) is 29.5 Å². The van der Waals surface area contributed by atoms with Gasteiger partial charge in [-0.1, -0.05) is 64.5 Å². The van der Waals surface area contributed by atoms with Gasteiger partial charge in [0, 0.05) is 0 Å². The molecule has 0 bridgehead atoms. The van der Waals surface area contributed by atoms with Gasteiger partial charge in [0.1, 0.15) is 0 Å². The summed E-state index contributed by atoms with van der Waals surface area (Å²) in [7, 11) is 0. The Balaban J connectivity index is 1.58. The van der Waals surface area contributed by atoms with Gasteiger partial charge in [-0.05, 0) is 31.2 Å². The second-order valence-electron chi connectivity index (χ2n) is 5.52. The van der Waals surface area contributed by atoms with Crippen LogP contribution >= 0.6 is 46.3 Å². The Morgan fingerprint density at radius 1 is 1.19 bits per heavy atom. The highest BCUT2D eigenvalue weighted by Crippen LogP contribution is 2.33. The standard InChI is InChI=1S/C17H12Cl2N4OS2/c1-9(15(24)20-11-6-4-5-10(18)14(11)19)25-16-21-22-17-23(16)12-7-2-3-8-13(12)26-17/h2-9H,1H3,(H,20,24). The van der Waals surface area contributed by atoms with Crippen molar-refractivity contribution < 1.29 is 4.79 Å². The van der Waals surface area contributed by atoms with Crippen LogP contribution in [0, 0.1) is 0 Å². The third-order valence-corrected chi connectivity index (χ3v) is 6.65. The number of hydrogen-bond donors (Lipinski definition) is 1. The molecule has 1 amide bonds. The first kappa shape index (κ1) is 17.6. The molecule has 132 valence electrons. The average Bonchev–Trinajstić information content (AvgIpc) is 3.18. The number of para-hydroxylation sites is 1. The number of benzene rings is 2. The van der Waals surface area contributed by atoms with Gasteiger partial charge < -0.3 is 5.32 Å². The van der Waals surface area contributed by atoms with Crippen molar-refractivity contribution in [3.05, 3.63) is 52.5 Å². The number of halogens is 2. The smallest absolute Gasteiger partial charge is 0.237 e. The van der Waals surface area contributed by atoms with Crippen LogP contribution < -0.4 is 5.32 Å². The number of rotatable bonds is 4. The van der Waals surface area contributed by atoms with Crippen LogP contribution in [0.3, 0.4) is 0 Å². The third-order valence-electron chi connectivity index (χ3n) is 3.77. The van der Waals surface area contributed by atoms with E-state index in [2.05, 4.69) is 15.5 Å². The number of nitrogens with one attached hydrogen (secondary N) is 1. The molecule has 4 aromatic rings. The molecule has 0 saturated carbocycles. The second kappa shape index (κ2) is 7.08. The van der Waals surface area contributed by atoms with Crippen molar-refractivity contribution in [2.24, 2.45) is 0 Å². The monoisotopic (exact) mass is 422 g/mol. The summed E-state index contributed by atoms with van der Waals surface area (Å²) in [5, 5.41) is 12.3. The van der Waals surface area contributed by atoms with Crippen molar-refractivity contribution in [3.8, 4) is 0 Å². The van der Waals surface area contributed by atoms with Crippen LogP contribution in [-0.4, -0.2) is 25.8 Å². The van der Waals surface area contributed by atoms with Crippen molar-refractivity contribution >= 4 is 73.1 Å². The molecular weight excluding hydrogens is 411 g/mol. The van der Waals surface area contributed by atoms with E-state index < -0.39 is 5.25 Å². The highest BCUT2D eigenvalue weighted by atomic mass is 35.5. The number of fused-ring (bicyclic) bond motifs is 3. The summed E-state index contributed by atoms with van der Waals surface area (Å²) < 4.78 is 3.10. The Kier molecular flexibility index (Phi) is 4.79. The maximum Gasteiger partial charge on any atom is 0.237 e. The zero-order valence-corrected chi connectivity index (χ0v) is 16.6. The maximum atomic E-state index is 12.6. The largest absolute Gasteiger partial charge is 0.324 e. The van der Waals surface area contributed by atoms with E-state index in [4.69, 9.17) is 23.2 Å². The van der Waals surface area contributed by atoms with E-state index in [1.807, 2.05) is 35.6 Å². The van der Waals surface area contributed by atoms with Crippen molar-refractivity contribution in [2.75, 3.05) is 5.32 Å². The number of aromatic nitrogens is 3. The van der Waals surface area contributed by atoms with Crippen molar-refractivity contribution in [2.45, 2.75) is 17.3 Å². The Hall–Kier alpha value is -1.80. The lowest BCUT2D eigenvalue weighted by Gasteiger charge is -2.12. The molecule has 1 N–H and O–H groups in total. The fraction of sp³-hybridized carbons (Fsp3) is 0.118. The Morgan fingerprint density at radius 2 is 2.00 bits per heavy atom. The van der Waals surface area contributed by atoms with E-state index in [9.17, 15) is 4.79 Å². The molecule has 0 aliphatic rings. The van der Waals surface area contributed by atoms with Crippen LogP contribution in [0.25, 0.3) is 15.2 Å². The van der Waals surface area contributed by atoms with Gasteiger partial charge in [0.2, 0.25) is 10.9 Å². The lowest BCUT2D eigenvalue weighted by Crippen LogP contribution is -2.22. The predicted molar refractivity (Wildman–Crippen MR) is 109 cm³/mol. The molecule has 5 nitrogen and oxygen atoms in total. The minimum absolute atomic E-state index is 0.185. The molecule has 1 atom stereocenters. The minimum Gasteiger partial charge on any atom is -0.324 e. The first-order valence-corrected chi connectivity index (χ1v) is 10.1. The highest BCUT2D eigenvalue weighted by molar-refractivity contribution is 8.00. The van der Waals surface area contributed by atoms with Crippen LogP contribution in [-0.2, 0) is 4.79 Å². The number of amides is 1. The van der Waals surface area contributed by atoms with Gasteiger partial charge in [-0.2, -0.15) is 0 Å². The molecule has 1 unspecified atom stereocenters. The summed E-state index contributed by atoms with van der Waals surface area (Å²) >= 11 is 15.0. The number of thioether (sulfide) groups is 1. The number of anilines is 1. The van der Waals surface area contributed by atoms with Gasteiger partial charge in [-0.25, -0.2) is 0 Å². The molecule has 26 heavy (non-hydrogen) atoms. The summed E-state index contributed by atoms with van der Waals surface area (Å²) in [4.78, 5) is 13.4. The molecule has 2 aromatic carbocycles. The lowest BCUT2D eigenvalue weighted by atomic mass is 10.3. The molecule has 0 fully saturated rings. The number of carbonyl (C=O) groups excluding carboxylic acids is 1. The molecule has 2 aromatic heterocycles. The van der Waals surface area contributed by atoms with Crippen molar-refractivity contribution in [1.82, 2.24) is 14.6 Å². The summed E-state index contributed by atoms with van der Waals surface area (Å²) in [6.07, 6.45) is 0. The normalized spacial score (nSPS) is 12.6. The predicted octanol–water partition coefficient (Wildman–Crippen LogP) is 5.37. The quantitative estimate of drug-likeness (QED) is 0.449. The highest BCUT2D eigenvalue weighted by Gasteiger charge is 2.21. The van der Waals surface area contributed by atoms with Crippen LogP contribution in [0.4, 0.5) is 5.69 Å². The van der Waals surface area contributed by atoms with Gasteiger partial charge in [0.15, 0.2) is 5.16 Å². The molecular formula is C17H12Cl2N4OS2. The van der Waals surface area contributed by atoms with Crippen LogP contribution in [0.1, 0.15) is 6.92 Å². The molecule has 9 heteroatoms. The molecule has 0 radical (unpaired) electrons. The van der Waals surface area contributed by atoms with E-state index in [1.165, 1.54) is 11.8 Å². The molecule has 0 aliphatic heterocycles. The van der Waals surface area contributed by atoms with Crippen molar-refractivity contribution in [1.29, 1.82) is 0 Å². The molecule has 0 spiro atoms. The van der Waals surface area contributed by atoms with Crippen molar-refractivity contribution in [3.63, 3.8) is 0 Å². The average molecular weight is 423 g/mol. The van der Waals surface area contributed by atoms with E-state index in [0.717, 1.165) is 15.2 Å². The summed E-state index contributed by atoms with van der Waals surface area (Å²) in [5.41, 5.74) is 1.52. The van der Waals surface area contributed by atoms with E-state index in [-0.39, 0.29) is 5.91 Å². The molecule has 2 heterocycles. The molecule has 0 aliphatic carbocycles. The van der Waals surface area contributed by atoms with Crippen LogP contribution in [0.5, 0.6) is 0 Å². The Morgan fingerprint density at radius 3 is 2.85 bits per heavy atom. The van der Waals surface area contributed by atoms with Crippen LogP contribution in [0.2, 0.25) is 10.0 Å². The topological polar surface area (TPSA) is 59.3 Å². The zero-order chi connectivity index (χ0) is 18.3. The SMILES string of the molecule is CC(Sc1nnc2sc3ccccc3n12)C(=O)Nc1cccc(Cl)c1Cl. The third kappa shape index (κ3) is 3.16. The Bertz CT molecular complexity index is 1120. The lowest BCUT2D eigenvalue weighted by molar-refractivity contribution is -0.115. The summed E-state index contributed by atoms with van der Waals surface area (Å²) in [5.74, 6) is -0.185. The first-order chi connectivity index (χ1) is 12.5. The fourth-order valence-corrected chi connectivity index (χ4v) is 4.71. The number of carbonyl (C=O) groups is 1. The first-order valence-electron chi connectivity index (χ1n) is 7.69. The van der Waals surface area contributed by atoms with Gasteiger partial charge in [-0.3, -0.25) is 9.20 Å². The van der Waals surface area contributed by atoms with Gasteiger partial charge in [0.25, 0.3) is 0 Å². The Labute approximate surface area is 167 Å². The van der Waals surface area contributed by atoms with Crippen LogP contribution in [0.15, 0.2) is 47.6 Å². The fourth-order valence-electron chi connectivity index (χ4n) is 2.48. The van der Waals surface area contributed by atoms with Gasteiger partial charge in [-0.15, -0.1) is 10.2 Å². The van der Waals surface area contributed by atoms with E-state index >= 15 is 0 Å². The van der Waals surface area contributed by atoms with E-state index in [0.29, 0.717) is 20.9 Å². The molecule has 4 rings (SSSR count). The molecule has 0 saturated heterocycles.